The SMILES string of the molecule is CC(=O)c1cc(C(=O)OCC(=O)c2cc(C)c(C)c(C)c2C)n(C)c1. The van der Waals surface area contributed by atoms with Crippen LogP contribution in [0, 0.1) is 27.7 Å². The third kappa shape index (κ3) is 3.71. The maximum Gasteiger partial charge on any atom is 0.355 e. The van der Waals surface area contributed by atoms with E-state index in [1.807, 2.05) is 33.8 Å². The number of Topliss-reactive ketones (excluding diaryl/α,β-unsaturated/α-hetero) is 2. The Hall–Kier alpha value is -2.69. The molecule has 0 saturated carbocycles. The fraction of sp³-hybridized carbons (Fsp3) is 0.350. The van der Waals surface area contributed by atoms with Gasteiger partial charge in [-0.1, -0.05) is 0 Å². The predicted octanol–water partition coefficient (Wildman–Crippen LogP) is 3.50. The number of carbonyl (C=O) groups excluding carboxylic acids is 3. The van der Waals surface area contributed by atoms with Crippen LogP contribution in [0.15, 0.2) is 18.3 Å². The van der Waals surface area contributed by atoms with Gasteiger partial charge in [-0.15, -0.1) is 0 Å². The van der Waals surface area contributed by atoms with Gasteiger partial charge in [-0.25, -0.2) is 4.79 Å². The smallest absolute Gasteiger partial charge is 0.355 e. The van der Waals surface area contributed by atoms with Gasteiger partial charge in [0.15, 0.2) is 12.4 Å². The van der Waals surface area contributed by atoms with Crippen molar-refractivity contribution in [1.82, 2.24) is 4.57 Å². The van der Waals surface area contributed by atoms with Crippen LogP contribution >= 0.6 is 0 Å². The summed E-state index contributed by atoms with van der Waals surface area (Å²) in [6.45, 7) is 8.95. The lowest BCUT2D eigenvalue weighted by Crippen LogP contribution is -2.17. The third-order valence-electron chi connectivity index (χ3n) is 4.74. The summed E-state index contributed by atoms with van der Waals surface area (Å²) in [7, 11) is 1.65. The molecule has 25 heavy (non-hydrogen) atoms. The van der Waals surface area contributed by atoms with E-state index in [0.29, 0.717) is 11.1 Å². The number of esters is 1. The summed E-state index contributed by atoms with van der Waals surface area (Å²) in [5.41, 5.74) is 5.42. The lowest BCUT2D eigenvalue weighted by molar-refractivity contribution is 0.0465. The molecule has 0 saturated heterocycles. The molecule has 0 aliphatic heterocycles. The van der Waals surface area contributed by atoms with Crippen LogP contribution in [0.2, 0.25) is 0 Å². The van der Waals surface area contributed by atoms with Crippen molar-refractivity contribution >= 4 is 17.5 Å². The summed E-state index contributed by atoms with van der Waals surface area (Å²) in [6.07, 6.45) is 1.57. The molecule has 0 amide bonds. The molecule has 0 spiro atoms. The van der Waals surface area contributed by atoms with E-state index in [1.54, 1.807) is 13.2 Å². The molecule has 1 heterocycles. The molecule has 0 bridgehead atoms. The van der Waals surface area contributed by atoms with Gasteiger partial charge in [0.2, 0.25) is 5.78 Å². The Morgan fingerprint density at radius 3 is 2.20 bits per heavy atom. The van der Waals surface area contributed by atoms with Gasteiger partial charge in [0, 0.05) is 24.4 Å². The van der Waals surface area contributed by atoms with Gasteiger partial charge in [-0.3, -0.25) is 9.59 Å². The average molecular weight is 341 g/mol. The summed E-state index contributed by atoms with van der Waals surface area (Å²) in [4.78, 5) is 36.1. The Morgan fingerprint density at radius 2 is 1.64 bits per heavy atom. The molecule has 1 aromatic heterocycles. The number of rotatable bonds is 5. The van der Waals surface area contributed by atoms with Gasteiger partial charge in [0.25, 0.3) is 0 Å². The Labute approximate surface area is 147 Å². The van der Waals surface area contributed by atoms with E-state index >= 15 is 0 Å². The van der Waals surface area contributed by atoms with Crippen molar-refractivity contribution in [3.8, 4) is 0 Å². The number of aromatic nitrogens is 1. The normalized spacial score (nSPS) is 10.6. The van der Waals surface area contributed by atoms with Crippen molar-refractivity contribution in [3.63, 3.8) is 0 Å². The maximum atomic E-state index is 12.5. The highest BCUT2D eigenvalue weighted by atomic mass is 16.5. The molecule has 0 aliphatic carbocycles. The number of benzene rings is 1. The first-order valence-corrected chi connectivity index (χ1v) is 8.08. The zero-order chi connectivity index (χ0) is 18.9. The van der Waals surface area contributed by atoms with Crippen LogP contribution < -0.4 is 0 Å². The lowest BCUT2D eigenvalue weighted by Gasteiger charge is -2.13. The van der Waals surface area contributed by atoms with Crippen molar-refractivity contribution in [2.24, 2.45) is 7.05 Å². The molecule has 5 nitrogen and oxygen atoms in total. The van der Waals surface area contributed by atoms with Crippen molar-refractivity contribution < 1.29 is 19.1 Å². The summed E-state index contributed by atoms with van der Waals surface area (Å²) in [6, 6.07) is 3.31. The van der Waals surface area contributed by atoms with Crippen molar-refractivity contribution in [1.29, 1.82) is 0 Å². The molecule has 0 N–H and O–H groups in total. The fourth-order valence-corrected chi connectivity index (χ4v) is 2.74. The highest BCUT2D eigenvalue weighted by Crippen LogP contribution is 2.21. The van der Waals surface area contributed by atoms with Crippen molar-refractivity contribution in [2.75, 3.05) is 6.61 Å². The first-order chi connectivity index (χ1) is 11.6. The van der Waals surface area contributed by atoms with Crippen molar-refractivity contribution in [2.45, 2.75) is 34.6 Å². The van der Waals surface area contributed by atoms with Gasteiger partial charge in [-0.05, 0) is 69.0 Å². The van der Waals surface area contributed by atoms with Crippen LogP contribution in [-0.2, 0) is 11.8 Å². The quantitative estimate of drug-likeness (QED) is 0.617. The minimum absolute atomic E-state index is 0.132. The van der Waals surface area contributed by atoms with Gasteiger partial charge < -0.3 is 9.30 Å². The minimum Gasteiger partial charge on any atom is -0.453 e. The standard InChI is InChI=1S/C20H23NO4/c1-11-7-17(14(4)13(3)12(11)2)19(23)10-25-20(24)18-8-16(15(5)22)9-21(18)6/h7-9H,10H2,1-6H3. The van der Waals surface area contributed by atoms with Crippen LogP contribution in [0.5, 0.6) is 0 Å². The first-order valence-electron chi connectivity index (χ1n) is 8.08. The Kier molecular flexibility index (Phi) is 5.26. The Bertz CT molecular complexity index is 874. The largest absolute Gasteiger partial charge is 0.453 e. The fourth-order valence-electron chi connectivity index (χ4n) is 2.74. The third-order valence-corrected chi connectivity index (χ3v) is 4.74. The van der Waals surface area contributed by atoms with E-state index < -0.39 is 5.97 Å². The highest BCUT2D eigenvalue weighted by molar-refractivity contribution is 6.01. The molecule has 5 heteroatoms. The van der Waals surface area contributed by atoms with Crippen LogP contribution in [0.1, 0.15) is 60.4 Å². The summed E-state index contributed by atoms with van der Waals surface area (Å²) >= 11 is 0. The molecule has 0 fully saturated rings. The molecule has 132 valence electrons. The second-order valence-electron chi connectivity index (χ2n) is 6.40. The van der Waals surface area contributed by atoms with E-state index in [-0.39, 0.29) is 23.9 Å². The van der Waals surface area contributed by atoms with Crippen LogP contribution in [-0.4, -0.2) is 28.7 Å². The zero-order valence-corrected chi connectivity index (χ0v) is 15.5. The second kappa shape index (κ2) is 7.05. The van der Waals surface area contributed by atoms with E-state index in [0.717, 1.165) is 22.3 Å². The number of hydrogen-bond acceptors (Lipinski definition) is 4. The maximum absolute atomic E-state index is 12.5. The van der Waals surface area contributed by atoms with E-state index in [9.17, 15) is 14.4 Å². The van der Waals surface area contributed by atoms with Crippen LogP contribution in [0.25, 0.3) is 0 Å². The average Bonchev–Trinajstić information content (AvgIpc) is 2.96. The minimum atomic E-state index is -0.624. The van der Waals surface area contributed by atoms with Gasteiger partial charge >= 0.3 is 5.97 Å². The Morgan fingerprint density at radius 1 is 1.00 bits per heavy atom. The molecule has 1 aromatic carbocycles. The molecule has 0 aliphatic rings. The lowest BCUT2D eigenvalue weighted by atomic mass is 9.93. The van der Waals surface area contributed by atoms with Gasteiger partial charge in [-0.2, -0.15) is 0 Å². The molecule has 0 radical (unpaired) electrons. The first kappa shape index (κ1) is 18.6. The molecule has 2 rings (SSSR count). The molecule has 0 unspecified atom stereocenters. The predicted molar refractivity (Wildman–Crippen MR) is 95.4 cm³/mol. The van der Waals surface area contributed by atoms with E-state index in [4.69, 9.17) is 4.74 Å². The number of ketones is 2. The summed E-state index contributed by atoms with van der Waals surface area (Å²) in [5, 5.41) is 0. The molecule has 2 aromatic rings. The number of carbonyl (C=O) groups is 3. The second-order valence-corrected chi connectivity index (χ2v) is 6.40. The molecular formula is C20H23NO4. The highest BCUT2D eigenvalue weighted by Gasteiger charge is 2.19. The number of ether oxygens (including phenoxy) is 1. The van der Waals surface area contributed by atoms with E-state index in [1.165, 1.54) is 17.6 Å². The van der Waals surface area contributed by atoms with Gasteiger partial charge in [0.05, 0.1) is 0 Å². The molecular weight excluding hydrogens is 318 g/mol. The number of nitrogens with zero attached hydrogens (tertiary/aromatic N) is 1. The zero-order valence-electron chi connectivity index (χ0n) is 15.5. The monoisotopic (exact) mass is 341 g/mol. The summed E-state index contributed by atoms with van der Waals surface area (Å²) in [5.74, 6) is -0.994. The van der Waals surface area contributed by atoms with Crippen molar-refractivity contribution in [3.05, 3.63) is 57.4 Å². The number of hydrogen-bond donors (Lipinski definition) is 0. The Balaban J connectivity index is 2.15. The van der Waals surface area contributed by atoms with Gasteiger partial charge in [0.1, 0.15) is 5.69 Å². The van der Waals surface area contributed by atoms with Crippen LogP contribution in [0.3, 0.4) is 0 Å². The summed E-state index contributed by atoms with van der Waals surface area (Å²) < 4.78 is 6.69. The van der Waals surface area contributed by atoms with E-state index in [2.05, 4.69) is 0 Å². The van der Waals surface area contributed by atoms with Crippen LogP contribution in [0.4, 0.5) is 0 Å². The topological polar surface area (TPSA) is 65.4 Å². The molecule has 0 atom stereocenters. The number of aryl methyl sites for hydroxylation is 2.